The number of imidazole rings is 1. The van der Waals surface area contributed by atoms with Crippen LogP contribution in [0.15, 0.2) is 52.3 Å². The molecule has 124 valence electrons. The van der Waals surface area contributed by atoms with Gasteiger partial charge in [0.05, 0.1) is 17.6 Å². The van der Waals surface area contributed by atoms with Crippen LogP contribution in [0.1, 0.15) is 11.1 Å². The quantitative estimate of drug-likeness (QED) is 0.509. The maximum Gasteiger partial charge on any atom is 0.326 e. The van der Waals surface area contributed by atoms with Gasteiger partial charge < -0.3 is 16.0 Å². The fraction of sp³-hybridized carbons (Fsp3) is 0.222. The van der Waals surface area contributed by atoms with E-state index in [1.807, 2.05) is 50.2 Å². The van der Waals surface area contributed by atoms with E-state index in [9.17, 15) is 4.79 Å². The minimum absolute atomic E-state index is 0.132. The van der Waals surface area contributed by atoms with E-state index in [0.29, 0.717) is 19.0 Å². The summed E-state index contributed by atoms with van der Waals surface area (Å²) in [5.74, 6) is 0.341. The first-order chi connectivity index (χ1) is 11.5. The fourth-order valence-electron chi connectivity index (χ4n) is 2.83. The number of anilines is 1. The number of fused-ring (bicyclic) bond motifs is 1. The van der Waals surface area contributed by atoms with Gasteiger partial charge in [-0.2, -0.15) is 0 Å². The Bertz CT molecular complexity index is 931. The van der Waals surface area contributed by atoms with Crippen molar-refractivity contribution in [3.63, 3.8) is 0 Å². The molecule has 0 aliphatic carbocycles. The van der Waals surface area contributed by atoms with Crippen LogP contribution in [0.5, 0.6) is 0 Å². The molecule has 0 radical (unpaired) electrons. The van der Waals surface area contributed by atoms with E-state index in [0.717, 1.165) is 27.8 Å². The van der Waals surface area contributed by atoms with E-state index < -0.39 is 0 Å². The van der Waals surface area contributed by atoms with Crippen LogP contribution in [0, 0.1) is 13.8 Å². The molecule has 0 fully saturated rings. The first-order valence-electron chi connectivity index (χ1n) is 7.86. The lowest BCUT2D eigenvalue weighted by atomic mass is 10.1. The summed E-state index contributed by atoms with van der Waals surface area (Å²) >= 11 is 0. The third kappa shape index (κ3) is 3.48. The lowest BCUT2D eigenvalue weighted by Gasteiger charge is -2.08. The van der Waals surface area contributed by atoms with Crippen molar-refractivity contribution >= 4 is 22.7 Å². The Labute approximate surface area is 140 Å². The molecular weight excluding hydrogens is 302 g/mol. The van der Waals surface area contributed by atoms with Crippen LogP contribution in [0.3, 0.4) is 0 Å². The molecule has 0 saturated carbocycles. The summed E-state index contributed by atoms with van der Waals surface area (Å²) in [4.78, 5) is 19.1. The zero-order chi connectivity index (χ0) is 17.1. The molecule has 0 aliphatic heterocycles. The fourth-order valence-corrected chi connectivity index (χ4v) is 2.83. The number of H-pyrrole nitrogens is 1. The van der Waals surface area contributed by atoms with Crippen molar-refractivity contribution in [2.24, 2.45) is 10.7 Å². The summed E-state index contributed by atoms with van der Waals surface area (Å²) in [5.41, 5.74) is 10.7. The number of aliphatic imine (C=N–C) groups is 1. The van der Waals surface area contributed by atoms with Crippen molar-refractivity contribution < 1.29 is 0 Å². The van der Waals surface area contributed by atoms with Gasteiger partial charge in [-0.3, -0.25) is 9.56 Å². The molecule has 0 aliphatic rings. The van der Waals surface area contributed by atoms with Gasteiger partial charge in [-0.15, -0.1) is 0 Å². The Morgan fingerprint density at radius 3 is 2.67 bits per heavy atom. The monoisotopic (exact) mass is 323 g/mol. The van der Waals surface area contributed by atoms with Crippen molar-refractivity contribution in [3.8, 4) is 0 Å². The van der Waals surface area contributed by atoms with E-state index in [1.54, 1.807) is 4.57 Å². The molecule has 0 unspecified atom stereocenters. The number of para-hydroxylation sites is 2. The topological polar surface area (TPSA) is 88.2 Å². The molecule has 4 N–H and O–H groups in total. The molecule has 3 aromatic rings. The van der Waals surface area contributed by atoms with Gasteiger partial charge in [0.2, 0.25) is 0 Å². The van der Waals surface area contributed by atoms with Crippen molar-refractivity contribution in [1.82, 2.24) is 9.55 Å². The van der Waals surface area contributed by atoms with E-state index in [2.05, 4.69) is 21.4 Å². The molecule has 0 amide bonds. The van der Waals surface area contributed by atoms with Gasteiger partial charge in [-0.25, -0.2) is 4.79 Å². The number of benzene rings is 2. The second kappa shape index (κ2) is 6.62. The van der Waals surface area contributed by atoms with Crippen LogP contribution >= 0.6 is 0 Å². The minimum atomic E-state index is -0.132. The molecular formula is C18H21N5O. The number of guanidine groups is 1. The molecule has 0 atom stereocenters. The molecule has 0 saturated heterocycles. The molecule has 2 aromatic carbocycles. The molecule has 0 spiro atoms. The maximum atomic E-state index is 12.0. The van der Waals surface area contributed by atoms with Crippen molar-refractivity contribution in [2.75, 3.05) is 11.9 Å². The highest BCUT2D eigenvalue weighted by Crippen LogP contribution is 2.13. The highest BCUT2D eigenvalue weighted by molar-refractivity contribution is 5.92. The number of aromatic amines is 1. The zero-order valence-electron chi connectivity index (χ0n) is 13.8. The average Bonchev–Trinajstić information content (AvgIpc) is 2.82. The first kappa shape index (κ1) is 15.9. The Hall–Kier alpha value is -3.02. The van der Waals surface area contributed by atoms with Gasteiger partial charge in [-0.05, 0) is 49.2 Å². The Morgan fingerprint density at radius 1 is 1.21 bits per heavy atom. The zero-order valence-corrected chi connectivity index (χ0v) is 13.8. The highest BCUT2D eigenvalue weighted by Gasteiger charge is 2.05. The van der Waals surface area contributed by atoms with Crippen LogP contribution in [0.2, 0.25) is 0 Å². The molecule has 24 heavy (non-hydrogen) atoms. The van der Waals surface area contributed by atoms with Gasteiger partial charge in [0.25, 0.3) is 0 Å². The predicted molar refractivity (Wildman–Crippen MR) is 98.6 cm³/mol. The average molecular weight is 323 g/mol. The van der Waals surface area contributed by atoms with Gasteiger partial charge in [0.15, 0.2) is 5.96 Å². The van der Waals surface area contributed by atoms with Crippen LogP contribution in [-0.4, -0.2) is 22.1 Å². The smallest absolute Gasteiger partial charge is 0.326 e. The first-order valence-corrected chi connectivity index (χ1v) is 7.86. The molecule has 6 nitrogen and oxygen atoms in total. The standard InChI is InChI=1S/C18H21N5O/c1-12-9-13(2)11-14(10-12)21-17(19)20-7-8-23-16-6-4-3-5-15(16)22-18(23)24/h3-6,9-11H,7-8H2,1-2H3,(H,22,24)(H3,19,20,21). The molecule has 1 heterocycles. The molecule has 0 bridgehead atoms. The van der Waals surface area contributed by atoms with Crippen LogP contribution in [0.4, 0.5) is 5.69 Å². The van der Waals surface area contributed by atoms with Gasteiger partial charge in [0, 0.05) is 12.2 Å². The Morgan fingerprint density at radius 2 is 1.92 bits per heavy atom. The van der Waals surface area contributed by atoms with Gasteiger partial charge in [0.1, 0.15) is 0 Å². The van der Waals surface area contributed by atoms with Crippen molar-refractivity contribution in [3.05, 3.63) is 64.1 Å². The predicted octanol–water partition coefficient (Wildman–Crippen LogP) is 2.37. The summed E-state index contributed by atoms with van der Waals surface area (Å²) in [6.07, 6.45) is 0. The largest absolute Gasteiger partial charge is 0.370 e. The Kier molecular flexibility index (Phi) is 4.37. The molecule has 3 rings (SSSR count). The van der Waals surface area contributed by atoms with Crippen LogP contribution in [0.25, 0.3) is 11.0 Å². The van der Waals surface area contributed by atoms with Crippen molar-refractivity contribution in [1.29, 1.82) is 0 Å². The Balaban J connectivity index is 1.69. The summed E-state index contributed by atoms with van der Waals surface area (Å²) in [5, 5.41) is 3.09. The van der Waals surface area contributed by atoms with Crippen LogP contribution < -0.4 is 16.7 Å². The lowest BCUT2D eigenvalue weighted by Crippen LogP contribution is -2.24. The summed E-state index contributed by atoms with van der Waals surface area (Å²) in [7, 11) is 0. The van der Waals surface area contributed by atoms with Crippen LogP contribution in [-0.2, 0) is 6.54 Å². The van der Waals surface area contributed by atoms with Crippen molar-refractivity contribution in [2.45, 2.75) is 20.4 Å². The SMILES string of the molecule is Cc1cc(C)cc(NC(N)=NCCn2c(=O)[nH]c3ccccc32)c1. The number of aromatic nitrogens is 2. The summed E-state index contributed by atoms with van der Waals surface area (Å²) in [6.45, 7) is 4.97. The van der Waals surface area contributed by atoms with E-state index >= 15 is 0 Å². The second-order valence-corrected chi connectivity index (χ2v) is 5.87. The lowest BCUT2D eigenvalue weighted by molar-refractivity contribution is 0.703. The van der Waals surface area contributed by atoms with E-state index in [1.165, 1.54) is 0 Å². The number of aryl methyl sites for hydroxylation is 2. The number of hydrogen-bond acceptors (Lipinski definition) is 2. The number of nitrogens with one attached hydrogen (secondary N) is 2. The van der Waals surface area contributed by atoms with E-state index in [4.69, 9.17) is 5.73 Å². The van der Waals surface area contributed by atoms with E-state index in [-0.39, 0.29) is 5.69 Å². The number of hydrogen-bond donors (Lipinski definition) is 3. The van der Waals surface area contributed by atoms with Gasteiger partial charge in [-0.1, -0.05) is 18.2 Å². The number of rotatable bonds is 4. The number of nitrogens with zero attached hydrogens (tertiary/aromatic N) is 2. The number of nitrogens with two attached hydrogens (primary N) is 1. The maximum absolute atomic E-state index is 12.0. The summed E-state index contributed by atoms with van der Waals surface area (Å²) in [6, 6.07) is 13.7. The summed E-state index contributed by atoms with van der Waals surface area (Å²) < 4.78 is 1.67. The molecule has 6 heteroatoms. The minimum Gasteiger partial charge on any atom is -0.370 e. The highest BCUT2D eigenvalue weighted by atomic mass is 16.1. The molecule has 1 aromatic heterocycles. The van der Waals surface area contributed by atoms with Gasteiger partial charge >= 0.3 is 5.69 Å². The second-order valence-electron chi connectivity index (χ2n) is 5.87. The normalized spacial score (nSPS) is 11.8. The third-order valence-electron chi connectivity index (χ3n) is 3.78. The third-order valence-corrected chi connectivity index (χ3v) is 3.78.